The van der Waals surface area contributed by atoms with E-state index in [4.69, 9.17) is 21.1 Å². The molecule has 1 aliphatic heterocycles. The fourth-order valence-corrected chi connectivity index (χ4v) is 4.16. The lowest BCUT2D eigenvalue weighted by molar-refractivity contribution is -0.155. The fourth-order valence-electron chi connectivity index (χ4n) is 3.97. The molecule has 1 aliphatic rings. The molecule has 8 nitrogen and oxygen atoms in total. The van der Waals surface area contributed by atoms with Gasteiger partial charge in [0.2, 0.25) is 0 Å². The second-order valence-electron chi connectivity index (χ2n) is 9.57. The van der Waals surface area contributed by atoms with Crippen LogP contribution in [0, 0.1) is 0 Å². The first-order chi connectivity index (χ1) is 16.7. The molecule has 2 heterocycles. The largest absolute Gasteiger partial charge is 0.459 e. The first-order valence-electron chi connectivity index (χ1n) is 11.8. The van der Waals surface area contributed by atoms with Gasteiger partial charge in [-0.1, -0.05) is 35.9 Å². The molecule has 0 N–H and O–H groups in total. The number of esters is 1. The van der Waals surface area contributed by atoms with Gasteiger partial charge >= 0.3 is 11.7 Å². The lowest BCUT2D eigenvalue weighted by Crippen LogP contribution is -2.37. The van der Waals surface area contributed by atoms with Gasteiger partial charge in [-0.25, -0.2) is 4.79 Å². The summed E-state index contributed by atoms with van der Waals surface area (Å²) in [4.78, 5) is 28.3. The highest BCUT2D eigenvalue weighted by molar-refractivity contribution is 6.30. The SMILES string of the molecule is CC(C)(C)OC(=O)Cn1c(-c2cccc(Cl)c2)nn(-c2ccc(CCN3CCOCC3)cc2)c1=O. The van der Waals surface area contributed by atoms with Gasteiger partial charge in [-0.3, -0.25) is 14.3 Å². The van der Waals surface area contributed by atoms with E-state index in [1.165, 1.54) is 14.8 Å². The minimum absolute atomic E-state index is 0.254. The van der Waals surface area contributed by atoms with Crippen molar-refractivity contribution in [2.24, 2.45) is 0 Å². The van der Waals surface area contributed by atoms with Crippen LogP contribution in [-0.2, 0) is 27.2 Å². The van der Waals surface area contributed by atoms with Gasteiger partial charge in [-0.15, -0.1) is 5.10 Å². The zero-order valence-electron chi connectivity index (χ0n) is 20.4. The summed E-state index contributed by atoms with van der Waals surface area (Å²) in [5, 5.41) is 5.08. The average Bonchev–Trinajstić information content (AvgIpc) is 3.13. The summed E-state index contributed by atoms with van der Waals surface area (Å²) in [6.07, 6.45) is 0.913. The van der Waals surface area contributed by atoms with Crippen LogP contribution in [0.4, 0.5) is 0 Å². The number of morpholine rings is 1. The molecule has 1 saturated heterocycles. The van der Waals surface area contributed by atoms with Crippen LogP contribution in [0.5, 0.6) is 0 Å². The van der Waals surface area contributed by atoms with E-state index in [0.717, 1.165) is 39.3 Å². The Hall–Kier alpha value is -2.94. The molecule has 4 rings (SSSR count). The highest BCUT2D eigenvalue weighted by Gasteiger charge is 2.22. The van der Waals surface area contributed by atoms with Crippen LogP contribution < -0.4 is 5.69 Å². The van der Waals surface area contributed by atoms with E-state index in [0.29, 0.717) is 22.1 Å². The Kier molecular flexibility index (Phi) is 7.74. The number of hydrogen-bond acceptors (Lipinski definition) is 6. The monoisotopic (exact) mass is 498 g/mol. The maximum absolute atomic E-state index is 13.4. The number of rotatable bonds is 7. The molecule has 1 fully saturated rings. The van der Waals surface area contributed by atoms with E-state index >= 15 is 0 Å². The van der Waals surface area contributed by atoms with E-state index in [2.05, 4.69) is 10.00 Å². The Morgan fingerprint density at radius 2 is 1.83 bits per heavy atom. The quantitative estimate of drug-likeness (QED) is 0.463. The van der Waals surface area contributed by atoms with Gasteiger partial charge in [-0.2, -0.15) is 4.68 Å². The molecule has 0 saturated carbocycles. The molecule has 0 bridgehead atoms. The Morgan fingerprint density at radius 3 is 2.49 bits per heavy atom. The van der Waals surface area contributed by atoms with Crippen LogP contribution in [0.1, 0.15) is 26.3 Å². The Morgan fingerprint density at radius 1 is 1.11 bits per heavy atom. The number of carbonyl (C=O) groups excluding carboxylic acids is 1. The third-order valence-electron chi connectivity index (χ3n) is 5.65. The standard InChI is InChI=1S/C26H31ClN4O4/c1-26(2,3)35-23(32)18-30-24(20-5-4-6-21(27)17-20)28-31(25(30)33)22-9-7-19(8-10-22)11-12-29-13-15-34-16-14-29/h4-10,17H,11-16,18H2,1-3H3. The van der Waals surface area contributed by atoms with Crippen LogP contribution >= 0.6 is 11.6 Å². The molecular weight excluding hydrogens is 468 g/mol. The summed E-state index contributed by atoms with van der Waals surface area (Å²) in [7, 11) is 0. The van der Waals surface area contributed by atoms with E-state index in [9.17, 15) is 9.59 Å². The molecule has 9 heteroatoms. The van der Waals surface area contributed by atoms with Crippen LogP contribution in [0.25, 0.3) is 17.1 Å². The molecule has 186 valence electrons. The maximum Gasteiger partial charge on any atom is 0.351 e. The number of carbonyl (C=O) groups is 1. The van der Waals surface area contributed by atoms with Gasteiger partial charge in [0.1, 0.15) is 12.1 Å². The van der Waals surface area contributed by atoms with E-state index < -0.39 is 17.3 Å². The molecule has 35 heavy (non-hydrogen) atoms. The zero-order chi connectivity index (χ0) is 25.0. The lowest BCUT2D eigenvalue weighted by atomic mass is 10.1. The van der Waals surface area contributed by atoms with Gasteiger partial charge in [0.25, 0.3) is 0 Å². The Bertz CT molecular complexity index is 1220. The van der Waals surface area contributed by atoms with Crippen molar-refractivity contribution < 1.29 is 14.3 Å². The Balaban J connectivity index is 1.61. The summed E-state index contributed by atoms with van der Waals surface area (Å²) < 4.78 is 13.5. The Labute approximate surface area is 210 Å². The van der Waals surface area contributed by atoms with Crippen molar-refractivity contribution in [3.63, 3.8) is 0 Å². The maximum atomic E-state index is 13.4. The summed E-state index contributed by atoms with van der Waals surface area (Å²) in [5.74, 6) is -0.166. The first kappa shape index (κ1) is 25.2. The minimum Gasteiger partial charge on any atom is -0.459 e. The molecule has 2 aromatic carbocycles. The van der Waals surface area contributed by atoms with Crippen molar-refractivity contribution in [3.8, 4) is 17.1 Å². The van der Waals surface area contributed by atoms with Crippen LogP contribution in [0.15, 0.2) is 53.3 Å². The second-order valence-corrected chi connectivity index (χ2v) is 10.0. The minimum atomic E-state index is -0.663. The van der Waals surface area contributed by atoms with Crippen molar-refractivity contribution in [3.05, 3.63) is 69.6 Å². The lowest BCUT2D eigenvalue weighted by Gasteiger charge is -2.26. The number of ether oxygens (including phenoxy) is 2. The van der Waals surface area contributed by atoms with Crippen molar-refractivity contribution in [2.75, 3.05) is 32.8 Å². The van der Waals surface area contributed by atoms with Crippen molar-refractivity contribution in [1.82, 2.24) is 19.2 Å². The van der Waals surface area contributed by atoms with Crippen molar-refractivity contribution >= 4 is 17.6 Å². The third kappa shape index (κ3) is 6.60. The highest BCUT2D eigenvalue weighted by Crippen LogP contribution is 2.22. The molecule has 0 aliphatic carbocycles. The van der Waals surface area contributed by atoms with Crippen LogP contribution in [-0.4, -0.2) is 63.7 Å². The average molecular weight is 499 g/mol. The van der Waals surface area contributed by atoms with Crippen molar-refractivity contribution in [1.29, 1.82) is 0 Å². The van der Waals surface area contributed by atoms with Gasteiger partial charge < -0.3 is 9.47 Å². The summed E-state index contributed by atoms with van der Waals surface area (Å²) in [6.45, 7) is 9.54. The molecule has 3 aromatic rings. The smallest absolute Gasteiger partial charge is 0.351 e. The molecule has 0 spiro atoms. The normalized spacial score (nSPS) is 14.7. The van der Waals surface area contributed by atoms with E-state index in [-0.39, 0.29) is 6.54 Å². The van der Waals surface area contributed by atoms with Crippen molar-refractivity contribution in [2.45, 2.75) is 39.3 Å². The molecule has 0 radical (unpaired) electrons. The van der Waals surface area contributed by atoms with Gasteiger partial charge in [-0.05, 0) is 57.0 Å². The second kappa shape index (κ2) is 10.8. The number of aromatic nitrogens is 3. The molecular formula is C26H31ClN4O4. The number of benzene rings is 2. The zero-order valence-corrected chi connectivity index (χ0v) is 21.1. The van der Waals surface area contributed by atoms with Gasteiger partial charge in [0.15, 0.2) is 5.82 Å². The highest BCUT2D eigenvalue weighted by atomic mass is 35.5. The molecule has 1 aromatic heterocycles. The predicted molar refractivity (Wildman–Crippen MR) is 135 cm³/mol. The number of halogens is 1. The first-order valence-corrected chi connectivity index (χ1v) is 12.1. The predicted octanol–water partition coefficient (Wildman–Crippen LogP) is 3.57. The molecule has 0 unspecified atom stereocenters. The topological polar surface area (TPSA) is 78.6 Å². The van der Waals surface area contributed by atoms with E-state index in [1.54, 1.807) is 45.0 Å². The number of nitrogens with zero attached hydrogens (tertiary/aromatic N) is 4. The third-order valence-corrected chi connectivity index (χ3v) is 5.89. The summed E-state index contributed by atoms with van der Waals surface area (Å²) in [5.41, 5.74) is 1.35. The van der Waals surface area contributed by atoms with Gasteiger partial charge in [0, 0.05) is 30.2 Å². The summed E-state index contributed by atoms with van der Waals surface area (Å²) >= 11 is 6.18. The van der Waals surface area contributed by atoms with E-state index in [1.807, 2.05) is 24.3 Å². The fraction of sp³-hybridized carbons (Fsp3) is 0.423. The number of hydrogen-bond donors (Lipinski definition) is 0. The van der Waals surface area contributed by atoms with Crippen LogP contribution in [0.2, 0.25) is 5.02 Å². The summed E-state index contributed by atoms with van der Waals surface area (Å²) in [6, 6.07) is 14.8. The molecule has 0 atom stereocenters. The molecule has 0 amide bonds. The van der Waals surface area contributed by atoms with Gasteiger partial charge in [0.05, 0.1) is 18.9 Å². The van der Waals surface area contributed by atoms with Crippen LogP contribution in [0.3, 0.4) is 0 Å².